The predicted octanol–water partition coefficient (Wildman–Crippen LogP) is 2.14. The van der Waals surface area contributed by atoms with Gasteiger partial charge in [0.1, 0.15) is 10.6 Å². The van der Waals surface area contributed by atoms with E-state index >= 15 is 0 Å². The van der Waals surface area contributed by atoms with Crippen LogP contribution in [0.3, 0.4) is 0 Å². The van der Waals surface area contributed by atoms with E-state index in [9.17, 15) is 13.2 Å². The minimum atomic E-state index is -3.82. The van der Waals surface area contributed by atoms with Gasteiger partial charge in [-0.2, -0.15) is 0 Å². The number of aromatic nitrogens is 1. The number of ether oxygens (including phenoxy) is 1. The van der Waals surface area contributed by atoms with Crippen LogP contribution in [0.5, 0.6) is 0 Å². The number of esters is 1. The van der Waals surface area contributed by atoms with Gasteiger partial charge >= 0.3 is 5.97 Å². The molecule has 1 atom stereocenters. The fourth-order valence-corrected chi connectivity index (χ4v) is 2.65. The van der Waals surface area contributed by atoms with Crippen LogP contribution in [-0.2, 0) is 21.3 Å². The first-order chi connectivity index (χ1) is 9.79. The van der Waals surface area contributed by atoms with E-state index in [4.69, 9.17) is 9.88 Å². The molecule has 0 aliphatic carbocycles. The molecule has 1 unspecified atom stereocenters. The lowest BCUT2D eigenvalue weighted by atomic mass is 10.1. The van der Waals surface area contributed by atoms with Gasteiger partial charge in [0, 0.05) is 12.7 Å². The number of sulfonamides is 1. The lowest BCUT2D eigenvalue weighted by Crippen LogP contribution is -2.15. The van der Waals surface area contributed by atoms with Gasteiger partial charge in [-0.25, -0.2) is 18.4 Å². The summed E-state index contributed by atoms with van der Waals surface area (Å²) in [5.74, 6) is -0.229. The summed E-state index contributed by atoms with van der Waals surface area (Å²) >= 11 is 0. The molecule has 0 aliphatic rings. The first-order valence-electron chi connectivity index (χ1n) is 7.19. The Morgan fingerprint density at radius 1 is 1.38 bits per heavy atom. The summed E-state index contributed by atoms with van der Waals surface area (Å²) < 4.78 is 29.6. The summed E-state index contributed by atoms with van der Waals surface area (Å²) in [6.45, 7) is 6.88. The van der Waals surface area contributed by atoms with E-state index in [0.717, 1.165) is 19.3 Å². The van der Waals surface area contributed by atoms with Crippen molar-refractivity contribution < 1.29 is 17.9 Å². The molecule has 2 N–H and O–H groups in total. The maximum Gasteiger partial charge on any atom is 0.354 e. The molecule has 1 heterocycles. The van der Waals surface area contributed by atoms with Gasteiger partial charge in [0.05, 0.1) is 6.61 Å². The zero-order chi connectivity index (χ0) is 16.0. The molecule has 6 nitrogen and oxygen atoms in total. The summed E-state index contributed by atoms with van der Waals surface area (Å²) in [6.07, 6.45) is 4.16. The SMILES string of the molecule is CCCC(C)COC(=O)c1cc(S(N)(=O)=O)cn1CCC. The molecule has 0 aromatic carbocycles. The van der Waals surface area contributed by atoms with Gasteiger partial charge in [0.25, 0.3) is 0 Å². The van der Waals surface area contributed by atoms with E-state index < -0.39 is 16.0 Å². The fraction of sp³-hybridized carbons (Fsp3) is 0.643. The van der Waals surface area contributed by atoms with E-state index in [-0.39, 0.29) is 16.5 Å². The van der Waals surface area contributed by atoms with Crippen molar-refractivity contribution in [1.29, 1.82) is 0 Å². The second-order valence-corrected chi connectivity index (χ2v) is 6.85. The Hall–Kier alpha value is -1.34. The van der Waals surface area contributed by atoms with Crippen LogP contribution in [0, 0.1) is 5.92 Å². The summed E-state index contributed by atoms with van der Waals surface area (Å²) in [5, 5.41) is 5.10. The molecule has 0 spiro atoms. The highest BCUT2D eigenvalue weighted by Gasteiger charge is 2.20. The lowest BCUT2D eigenvalue weighted by Gasteiger charge is -2.12. The zero-order valence-corrected chi connectivity index (χ0v) is 13.6. The highest BCUT2D eigenvalue weighted by Crippen LogP contribution is 2.16. The second-order valence-electron chi connectivity index (χ2n) is 5.29. The van der Waals surface area contributed by atoms with Crippen molar-refractivity contribution in [3.05, 3.63) is 18.0 Å². The van der Waals surface area contributed by atoms with Crippen molar-refractivity contribution in [2.75, 3.05) is 6.61 Å². The molecule has 0 amide bonds. The summed E-state index contributed by atoms with van der Waals surface area (Å²) in [4.78, 5) is 12.0. The van der Waals surface area contributed by atoms with Gasteiger partial charge in [0.2, 0.25) is 10.0 Å². The average Bonchev–Trinajstić information content (AvgIpc) is 2.81. The molecule has 120 valence electrons. The number of carbonyl (C=O) groups excluding carboxylic acids is 1. The normalized spacial score (nSPS) is 13.1. The quantitative estimate of drug-likeness (QED) is 0.744. The Bertz CT molecular complexity index is 578. The third kappa shape index (κ3) is 5.17. The minimum absolute atomic E-state index is 0.0653. The Morgan fingerprint density at radius 2 is 2.05 bits per heavy atom. The zero-order valence-electron chi connectivity index (χ0n) is 12.8. The molecular formula is C14H24N2O4S. The number of hydrogen-bond donors (Lipinski definition) is 1. The van der Waals surface area contributed by atoms with E-state index in [1.165, 1.54) is 12.3 Å². The standard InChI is InChI=1S/C14H24N2O4S/c1-4-6-11(3)10-20-14(17)13-8-12(21(15,18)19)9-16(13)7-5-2/h8-9,11H,4-7,10H2,1-3H3,(H2,15,18,19). The summed E-state index contributed by atoms with van der Waals surface area (Å²) in [6, 6.07) is 1.28. The predicted molar refractivity (Wildman–Crippen MR) is 80.5 cm³/mol. The van der Waals surface area contributed by atoms with Crippen molar-refractivity contribution in [2.24, 2.45) is 11.1 Å². The molecule has 1 rings (SSSR count). The molecule has 0 radical (unpaired) electrons. The molecule has 0 aliphatic heterocycles. The van der Waals surface area contributed by atoms with Crippen LogP contribution in [0.1, 0.15) is 50.5 Å². The summed E-state index contributed by atoms with van der Waals surface area (Å²) in [7, 11) is -3.82. The molecule has 0 saturated carbocycles. The number of hydrogen-bond acceptors (Lipinski definition) is 4. The van der Waals surface area contributed by atoms with Crippen molar-refractivity contribution >= 4 is 16.0 Å². The Morgan fingerprint density at radius 3 is 2.57 bits per heavy atom. The van der Waals surface area contributed by atoms with Gasteiger partial charge in [-0.05, 0) is 24.8 Å². The number of carbonyl (C=O) groups is 1. The van der Waals surface area contributed by atoms with E-state index in [1.54, 1.807) is 4.57 Å². The third-order valence-electron chi connectivity index (χ3n) is 3.15. The third-order valence-corrected chi connectivity index (χ3v) is 4.03. The van der Waals surface area contributed by atoms with Gasteiger partial charge in [-0.3, -0.25) is 0 Å². The monoisotopic (exact) mass is 316 g/mol. The number of rotatable bonds is 8. The first kappa shape index (κ1) is 17.7. The molecule has 0 saturated heterocycles. The van der Waals surface area contributed by atoms with Crippen molar-refractivity contribution in [2.45, 2.75) is 51.5 Å². The smallest absolute Gasteiger partial charge is 0.354 e. The van der Waals surface area contributed by atoms with Gasteiger partial charge < -0.3 is 9.30 Å². The van der Waals surface area contributed by atoms with E-state index in [2.05, 4.69) is 6.92 Å². The van der Waals surface area contributed by atoms with Crippen molar-refractivity contribution in [3.63, 3.8) is 0 Å². The molecule has 1 aromatic heterocycles. The molecule has 0 bridgehead atoms. The van der Waals surface area contributed by atoms with Gasteiger partial charge in [0.15, 0.2) is 0 Å². The van der Waals surface area contributed by atoms with Crippen LogP contribution in [0.15, 0.2) is 17.2 Å². The van der Waals surface area contributed by atoms with Crippen LogP contribution in [0.25, 0.3) is 0 Å². The second kappa shape index (κ2) is 7.61. The molecule has 0 fully saturated rings. The van der Waals surface area contributed by atoms with Crippen LogP contribution in [0.4, 0.5) is 0 Å². The van der Waals surface area contributed by atoms with E-state index in [0.29, 0.717) is 13.2 Å². The maximum absolute atomic E-state index is 12.1. The molecular weight excluding hydrogens is 292 g/mol. The lowest BCUT2D eigenvalue weighted by molar-refractivity contribution is 0.0431. The van der Waals surface area contributed by atoms with Crippen LogP contribution in [0.2, 0.25) is 0 Å². The van der Waals surface area contributed by atoms with Gasteiger partial charge in [-0.15, -0.1) is 0 Å². The molecule has 1 aromatic rings. The Balaban J connectivity index is 2.89. The fourth-order valence-electron chi connectivity index (χ4n) is 2.10. The van der Waals surface area contributed by atoms with Crippen molar-refractivity contribution in [3.8, 4) is 0 Å². The Labute approximate surface area is 126 Å². The number of nitrogens with two attached hydrogens (primary N) is 1. The number of aryl methyl sites for hydroxylation is 1. The van der Waals surface area contributed by atoms with Crippen molar-refractivity contribution in [1.82, 2.24) is 4.57 Å². The highest BCUT2D eigenvalue weighted by molar-refractivity contribution is 7.89. The highest BCUT2D eigenvalue weighted by atomic mass is 32.2. The molecule has 21 heavy (non-hydrogen) atoms. The van der Waals surface area contributed by atoms with Crippen LogP contribution < -0.4 is 5.14 Å². The number of primary sulfonamides is 1. The van der Waals surface area contributed by atoms with Gasteiger partial charge in [-0.1, -0.05) is 27.2 Å². The van der Waals surface area contributed by atoms with E-state index in [1.807, 2.05) is 13.8 Å². The maximum atomic E-state index is 12.1. The average molecular weight is 316 g/mol. The van der Waals surface area contributed by atoms with Crippen LogP contribution >= 0.6 is 0 Å². The summed E-state index contributed by atoms with van der Waals surface area (Å²) in [5.41, 5.74) is 0.226. The largest absolute Gasteiger partial charge is 0.461 e. The molecule has 7 heteroatoms. The number of nitrogens with zero attached hydrogens (tertiary/aromatic N) is 1. The topological polar surface area (TPSA) is 91.4 Å². The first-order valence-corrected chi connectivity index (χ1v) is 8.74. The van der Waals surface area contributed by atoms with Crippen LogP contribution in [-0.4, -0.2) is 25.6 Å². The Kier molecular flexibility index (Phi) is 6.42. The minimum Gasteiger partial charge on any atom is -0.461 e.